The van der Waals surface area contributed by atoms with E-state index in [4.69, 9.17) is 11.6 Å². The largest absolute Gasteiger partial charge is 0.350 e. The molecule has 0 aliphatic carbocycles. The van der Waals surface area contributed by atoms with Gasteiger partial charge >= 0.3 is 0 Å². The van der Waals surface area contributed by atoms with Crippen molar-refractivity contribution in [2.75, 3.05) is 19.6 Å². The van der Waals surface area contributed by atoms with Crippen molar-refractivity contribution in [2.45, 2.75) is 39.2 Å². The van der Waals surface area contributed by atoms with E-state index in [-0.39, 0.29) is 5.91 Å². The Hall–Kier alpha value is -1.13. The number of hydrogen-bond acceptors (Lipinski definition) is 3. The molecule has 1 saturated heterocycles. The van der Waals surface area contributed by atoms with Gasteiger partial charge in [-0.05, 0) is 45.8 Å². The van der Waals surface area contributed by atoms with E-state index in [1.807, 2.05) is 6.92 Å². The van der Waals surface area contributed by atoms with Crippen LogP contribution in [0.25, 0.3) is 0 Å². The highest BCUT2D eigenvalue weighted by molar-refractivity contribution is 6.33. The van der Waals surface area contributed by atoms with E-state index in [0.29, 0.717) is 23.2 Å². The summed E-state index contributed by atoms with van der Waals surface area (Å²) < 4.78 is 0. The van der Waals surface area contributed by atoms with E-state index >= 15 is 0 Å². The molecule has 1 atom stereocenters. The number of halogens is 1. The Balaban J connectivity index is 1.88. The first-order chi connectivity index (χ1) is 9.58. The number of carbonyl (C=O) groups is 1. The number of carbonyl (C=O) groups excluding carboxylic acids is 1. The second-order valence-corrected chi connectivity index (χ2v) is 5.87. The number of piperidine rings is 1. The summed E-state index contributed by atoms with van der Waals surface area (Å²) in [6.45, 7) is 6.91. The van der Waals surface area contributed by atoms with Crippen LogP contribution in [-0.4, -0.2) is 41.5 Å². The third-order valence-corrected chi connectivity index (χ3v) is 4.12. The molecule has 5 heteroatoms. The van der Waals surface area contributed by atoms with Crippen LogP contribution in [0.4, 0.5) is 0 Å². The molecule has 20 heavy (non-hydrogen) atoms. The number of aromatic nitrogens is 1. The maximum Gasteiger partial charge on any atom is 0.254 e. The van der Waals surface area contributed by atoms with Gasteiger partial charge in [0.05, 0.1) is 10.6 Å². The predicted octanol–water partition coefficient (Wildman–Crippen LogP) is 2.65. The molecule has 110 valence electrons. The number of pyridine rings is 1. The summed E-state index contributed by atoms with van der Waals surface area (Å²) in [6.07, 6.45) is 5.37. The minimum Gasteiger partial charge on any atom is -0.350 e. The lowest BCUT2D eigenvalue weighted by molar-refractivity contribution is 0.0930. The molecule has 1 amide bonds. The summed E-state index contributed by atoms with van der Waals surface area (Å²) in [5.41, 5.74) is 1.26. The second-order valence-electron chi connectivity index (χ2n) is 5.46. The second kappa shape index (κ2) is 7.04. The monoisotopic (exact) mass is 295 g/mol. The Morgan fingerprint density at radius 1 is 1.45 bits per heavy atom. The lowest BCUT2D eigenvalue weighted by Crippen LogP contribution is -2.44. The number of aryl methyl sites for hydroxylation is 1. The molecule has 1 aliphatic heterocycles. The first kappa shape index (κ1) is 15.3. The zero-order valence-electron chi connectivity index (χ0n) is 12.2. The summed E-state index contributed by atoms with van der Waals surface area (Å²) in [5, 5.41) is 3.41. The smallest absolute Gasteiger partial charge is 0.254 e. The van der Waals surface area contributed by atoms with Crippen LogP contribution >= 0.6 is 11.6 Å². The summed E-state index contributed by atoms with van der Waals surface area (Å²) >= 11 is 6.08. The standard InChI is InChI=1S/C15H22ClN3O/c1-11-8-14(16)13(10-17-11)15(20)18-9-12(2)19-6-4-3-5-7-19/h8,10,12H,3-7,9H2,1-2H3,(H,18,20). The Bertz CT molecular complexity index is 472. The summed E-state index contributed by atoms with van der Waals surface area (Å²) in [4.78, 5) is 18.7. The van der Waals surface area contributed by atoms with Gasteiger partial charge in [0.2, 0.25) is 0 Å². The summed E-state index contributed by atoms with van der Waals surface area (Å²) in [5.74, 6) is -0.147. The average molecular weight is 296 g/mol. The van der Waals surface area contributed by atoms with Crippen LogP contribution in [0.3, 0.4) is 0 Å². The topological polar surface area (TPSA) is 45.2 Å². The minimum absolute atomic E-state index is 0.147. The molecular weight excluding hydrogens is 274 g/mol. The Labute approximate surface area is 125 Å². The fraction of sp³-hybridized carbons (Fsp3) is 0.600. The van der Waals surface area contributed by atoms with Gasteiger partial charge in [0, 0.05) is 24.5 Å². The van der Waals surface area contributed by atoms with Gasteiger partial charge in [0.25, 0.3) is 5.91 Å². The van der Waals surface area contributed by atoms with Gasteiger partial charge in [-0.2, -0.15) is 0 Å². The van der Waals surface area contributed by atoms with E-state index in [2.05, 4.69) is 22.1 Å². The molecule has 2 rings (SSSR count). The van der Waals surface area contributed by atoms with Crippen molar-refractivity contribution in [3.8, 4) is 0 Å². The van der Waals surface area contributed by atoms with Crippen molar-refractivity contribution in [3.05, 3.63) is 28.5 Å². The van der Waals surface area contributed by atoms with Crippen molar-refractivity contribution >= 4 is 17.5 Å². The van der Waals surface area contributed by atoms with Gasteiger partial charge in [0.15, 0.2) is 0 Å². The quantitative estimate of drug-likeness (QED) is 0.929. The van der Waals surface area contributed by atoms with Crippen molar-refractivity contribution in [3.63, 3.8) is 0 Å². The Morgan fingerprint density at radius 3 is 2.80 bits per heavy atom. The van der Waals surface area contributed by atoms with Crippen LogP contribution in [0.1, 0.15) is 42.2 Å². The summed E-state index contributed by atoms with van der Waals surface area (Å²) in [6, 6.07) is 2.07. The molecule has 1 unspecified atom stereocenters. The molecule has 1 aliphatic rings. The maximum absolute atomic E-state index is 12.1. The number of nitrogens with zero attached hydrogens (tertiary/aromatic N) is 2. The number of amides is 1. The van der Waals surface area contributed by atoms with Gasteiger partial charge in [0.1, 0.15) is 0 Å². The van der Waals surface area contributed by atoms with Crippen LogP contribution in [0.15, 0.2) is 12.3 Å². The number of nitrogens with one attached hydrogen (secondary N) is 1. The van der Waals surface area contributed by atoms with Crippen molar-refractivity contribution in [1.82, 2.24) is 15.2 Å². The third kappa shape index (κ3) is 3.93. The lowest BCUT2D eigenvalue weighted by Gasteiger charge is -2.32. The highest BCUT2D eigenvalue weighted by atomic mass is 35.5. The average Bonchev–Trinajstić information content (AvgIpc) is 2.45. The van der Waals surface area contributed by atoms with Crippen molar-refractivity contribution in [2.24, 2.45) is 0 Å². The molecule has 0 bridgehead atoms. The van der Waals surface area contributed by atoms with Gasteiger partial charge in [-0.25, -0.2) is 0 Å². The number of hydrogen-bond donors (Lipinski definition) is 1. The maximum atomic E-state index is 12.1. The third-order valence-electron chi connectivity index (χ3n) is 3.81. The molecule has 0 spiro atoms. The zero-order valence-corrected chi connectivity index (χ0v) is 12.9. The molecule has 1 aromatic heterocycles. The van der Waals surface area contributed by atoms with Crippen LogP contribution in [-0.2, 0) is 0 Å². The molecule has 4 nitrogen and oxygen atoms in total. The van der Waals surface area contributed by atoms with E-state index < -0.39 is 0 Å². The highest BCUT2D eigenvalue weighted by Crippen LogP contribution is 2.16. The fourth-order valence-corrected chi connectivity index (χ4v) is 2.81. The SMILES string of the molecule is Cc1cc(Cl)c(C(=O)NCC(C)N2CCCCC2)cn1. The Kier molecular flexibility index (Phi) is 5.38. The molecule has 0 radical (unpaired) electrons. The fourth-order valence-electron chi connectivity index (χ4n) is 2.52. The molecule has 2 heterocycles. The lowest BCUT2D eigenvalue weighted by atomic mass is 10.1. The molecule has 1 fully saturated rings. The predicted molar refractivity (Wildman–Crippen MR) is 81.2 cm³/mol. The van der Waals surface area contributed by atoms with Crippen LogP contribution in [0.2, 0.25) is 5.02 Å². The Morgan fingerprint density at radius 2 is 2.15 bits per heavy atom. The van der Waals surface area contributed by atoms with Crippen LogP contribution < -0.4 is 5.32 Å². The first-order valence-electron chi connectivity index (χ1n) is 7.22. The van der Waals surface area contributed by atoms with Gasteiger partial charge in [-0.15, -0.1) is 0 Å². The van der Waals surface area contributed by atoms with Crippen LogP contribution in [0.5, 0.6) is 0 Å². The van der Waals surface area contributed by atoms with Gasteiger partial charge < -0.3 is 5.32 Å². The van der Waals surface area contributed by atoms with E-state index in [9.17, 15) is 4.79 Å². The highest BCUT2D eigenvalue weighted by Gasteiger charge is 2.18. The van der Waals surface area contributed by atoms with Crippen molar-refractivity contribution in [1.29, 1.82) is 0 Å². The number of likely N-dealkylation sites (tertiary alicyclic amines) is 1. The van der Waals surface area contributed by atoms with E-state index in [1.54, 1.807) is 12.3 Å². The molecule has 0 saturated carbocycles. The summed E-state index contributed by atoms with van der Waals surface area (Å²) in [7, 11) is 0. The molecule has 1 N–H and O–H groups in total. The first-order valence-corrected chi connectivity index (χ1v) is 7.60. The normalized spacial score (nSPS) is 17.8. The molecule has 1 aromatic rings. The molecule has 0 aromatic carbocycles. The minimum atomic E-state index is -0.147. The van der Waals surface area contributed by atoms with E-state index in [1.165, 1.54) is 19.3 Å². The molecular formula is C15H22ClN3O. The van der Waals surface area contributed by atoms with E-state index in [0.717, 1.165) is 18.8 Å². The number of rotatable bonds is 4. The van der Waals surface area contributed by atoms with Crippen LogP contribution in [0, 0.1) is 6.92 Å². The van der Waals surface area contributed by atoms with Gasteiger partial charge in [-0.3, -0.25) is 14.7 Å². The zero-order chi connectivity index (χ0) is 14.5. The van der Waals surface area contributed by atoms with Crippen molar-refractivity contribution < 1.29 is 4.79 Å². The van der Waals surface area contributed by atoms with Gasteiger partial charge in [-0.1, -0.05) is 18.0 Å².